The van der Waals surface area contributed by atoms with Gasteiger partial charge in [-0.3, -0.25) is 14.4 Å². The van der Waals surface area contributed by atoms with Crippen LogP contribution in [-0.4, -0.2) is 67.7 Å². The molecule has 1 saturated heterocycles. The molecule has 12 heteroatoms. The first-order valence-electron chi connectivity index (χ1n) is 11.5. The van der Waals surface area contributed by atoms with Crippen LogP contribution in [0.5, 0.6) is 0 Å². The summed E-state index contributed by atoms with van der Waals surface area (Å²) in [4.78, 5) is 53.8. The van der Waals surface area contributed by atoms with E-state index in [-0.39, 0.29) is 11.9 Å². The number of carbonyl (C=O) groups excluding carboxylic acids is 5. The molecular weight excluding hydrogens is 474 g/mol. The first kappa shape index (κ1) is 32.5. The molecule has 3 atom stereocenters. The van der Waals surface area contributed by atoms with Gasteiger partial charge in [-0.15, -0.1) is 0 Å². The molecule has 1 aromatic carbocycles. The highest BCUT2D eigenvalue weighted by Crippen LogP contribution is 2.08. The van der Waals surface area contributed by atoms with Crippen molar-refractivity contribution in [1.29, 1.82) is 0 Å². The van der Waals surface area contributed by atoms with E-state index in [2.05, 4.69) is 19.5 Å². The minimum Gasteiger partial charge on any atom is -0.461 e. The van der Waals surface area contributed by atoms with Gasteiger partial charge >= 0.3 is 23.9 Å². The van der Waals surface area contributed by atoms with Crippen LogP contribution in [0, 0.1) is 0 Å². The molecule has 0 bridgehead atoms. The number of rotatable bonds is 9. The predicted molar refractivity (Wildman–Crippen MR) is 129 cm³/mol. The molecule has 202 valence electrons. The molecule has 1 aliphatic rings. The van der Waals surface area contributed by atoms with Crippen molar-refractivity contribution in [3.8, 4) is 0 Å². The molecular formula is C24H37N3O9. The zero-order valence-electron chi connectivity index (χ0n) is 21.2. The third-order valence-electron chi connectivity index (χ3n) is 4.23. The van der Waals surface area contributed by atoms with Crippen LogP contribution >= 0.6 is 0 Å². The number of carbonyl (C=O) groups is 5. The van der Waals surface area contributed by atoms with Crippen LogP contribution in [0.3, 0.4) is 0 Å². The predicted octanol–water partition coefficient (Wildman–Crippen LogP) is 0.345. The maximum Gasteiger partial charge on any atom is 0.347 e. The fourth-order valence-electron chi connectivity index (χ4n) is 2.33. The summed E-state index contributed by atoms with van der Waals surface area (Å²) in [5.74, 6) is -1.93. The summed E-state index contributed by atoms with van der Waals surface area (Å²) in [5.41, 5.74) is 11.4. The van der Waals surface area contributed by atoms with Crippen LogP contribution in [0.25, 0.3) is 0 Å². The Morgan fingerprint density at radius 3 is 2.03 bits per heavy atom. The first-order valence-corrected chi connectivity index (χ1v) is 11.5. The van der Waals surface area contributed by atoms with Gasteiger partial charge in [0.2, 0.25) is 0 Å². The molecule has 1 aliphatic heterocycles. The molecule has 5 N–H and O–H groups in total. The average molecular weight is 512 g/mol. The third-order valence-corrected chi connectivity index (χ3v) is 4.23. The molecule has 2 rings (SSSR count). The van der Waals surface area contributed by atoms with Crippen molar-refractivity contribution in [2.45, 2.75) is 65.5 Å². The largest absolute Gasteiger partial charge is 0.461 e. The lowest BCUT2D eigenvalue weighted by molar-refractivity contribution is -0.191. The number of esters is 4. The lowest BCUT2D eigenvalue weighted by Gasteiger charge is -2.22. The summed E-state index contributed by atoms with van der Waals surface area (Å²) in [6.45, 7) is 7.37. The molecule has 0 saturated carbocycles. The van der Waals surface area contributed by atoms with Crippen LogP contribution in [0.1, 0.15) is 46.1 Å². The summed E-state index contributed by atoms with van der Waals surface area (Å²) < 4.78 is 18.8. The standard InChI is InChI=1S/C11H15NO2.C7H14N2O3.C6H8O4/c12-8-4-7-11(13)14-9-10-5-2-1-3-6-10;1-5(12-6(2)10)7(11)9-4-3-8;1-3-5(7)10-4(2)6(8)9-3/h1-3,5-6H,4,7-9,12H2;5H,3-4,8H2,1-2H3,(H,9,11);3-4H,1-2H3. The SMILES string of the molecule is CC(=O)OC(C)C(=O)NCCN.CC1OC(=O)C(C)OC1=O.NCCCC(=O)OCc1ccccc1. The molecule has 0 aromatic heterocycles. The Hall–Kier alpha value is -3.51. The maximum atomic E-state index is 11.1. The van der Waals surface area contributed by atoms with Crippen molar-refractivity contribution < 1.29 is 42.9 Å². The second-order valence-corrected chi connectivity index (χ2v) is 7.53. The monoisotopic (exact) mass is 511 g/mol. The minimum absolute atomic E-state index is 0.181. The molecule has 3 unspecified atom stereocenters. The van der Waals surface area contributed by atoms with Gasteiger partial charge in [0.1, 0.15) is 6.61 Å². The van der Waals surface area contributed by atoms with Crippen LogP contribution < -0.4 is 16.8 Å². The second-order valence-electron chi connectivity index (χ2n) is 7.53. The molecule has 1 heterocycles. The topological polar surface area (TPSA) is 186 Å². The number of hydrogen-bond donors (Lipinski definition) is 3. The van der Waals surface area contributed by atoms with Crippen LogP contribution in [0.15, 0.2) is 30.3 Å². The second kappa shape index (κ2) is 18.8. The Balaban J connectivity index is 0.000000518. The molecule has 12 nitrogen and oxygen atoms in total. The first-order chi connectivity index (χ1) is 17.0. The van der Waals surface area contributed by atoms with E-state index in [9.17, 15) is 24.0 Å². The number of benzene rings is 1. The Morgan fingerprint density at radius 2 is 1.56 bits per heavy atom. The number of amides is 1. The Labute approximate surface area is 210 Å². The van der Waals surface area contributed by atoms with Gasteiger partial charge in [0, 0.05) is 26.4 Å². The van der Waals surface area contributed by atoms with Crippen LogP contribution in [-0.2, 0) is 49.5 Å². The number of hydrogen-bond acceptors (Lipinski definition) is 11. The number of ether oxygens (including phenoxy) is 4. The van der Waals surface area contributed by atoms with E-state index in [1.54, 1.807) is 0 Å². The zero-order chi connectivity index (χ0) is 27.5. The maximum absolute atomic E-state index is 11.1. The van der Waals surface area contributed by atoms with Gasteiger partial charge in [-0.25, -0.2) is 9.59 Å². The van der Waals surface area contributed by atoms with E-state index in [4.69, 9.17) is 16.2 Å². The highest BCUT2D eigenvalue weighted by Gasteiger charge is 2.32. The van der Waals surface area contributed by atoms with Gasteiger partial charge in [0.15, 0.2) is 18.3 Å². The molecule has 1 aromatic rings. The fourth-order valence-corrected chi connectivity index (χ4v) is 2.33. The van der Waals surface area contributed by atoms with E-state index in [0.717, 1.165) is 5.56 Å². The Morgan fingerprint density at radius 1 is 1.00 bits per heavy atom. The Bertz CT molecular complexity index is 813. The summed E-state index contributed by atoms with van der Waals surface area (Å²) in [6, 6.07) is 9.62. The van der Waals surface area contributed by atoms with Gasteiger partial charge in [-0.1, -0.05) is 30.3 Å². The van der Waals surface area contributed by atoms with E-state index >= 15 is 0 Å². The van der Waals surface area contributed by atoms with Gasteiger partial charge < -0.3 is 35.7 Å². The van der Waals surface area contributed by atoms with Crippen molar-refractivity contribution in [2.24, 2.45) is 11.5 Å². The number of cyclic esters (lactones) is 2. The molecule has 0 radical (unpaired) electrons. The lowest BCUT2D eigenvalue weighted by Crippen LogP contribution is -2.40. The lowest BCUT2D eigenvalue weighted by atomic mass is 10.2. The van der Waals surface area contributed by atoms with Gasteiger partial charge in [-0.2, -0.15) is 0 Å². The van der Waals surface area contributed by atoms with Crippen molar-refractivity contribution in [2.75, 3.05) is 19.6 Å². The molecule has 1 amide bonds. The molecule has 36 heavy (non-hydrogen) atoms. The molecule has 1 fully saturated rings. The highest BCUT2D eigenvalue weighted by atomic mass is 16.6. The summed E-state index contributed by atoms with van der Waals surface area (Å²) >= 11 is 0. The number of nitrogens with one attached hydrogen (secondary N) is 1. The fraction of sp³-hybridized carbons (Fsp3) is 0.542. The smallest absolute Gasteiger partial charge is 0.347 e. The van der Waals surface area contributed by atoms with Crippen molar-refractivity contribution in [1.82, 2.24) is 5.32 Å². The van der Waals surface area contributed by atoms with Gasteiger partial charge in [-0.05, 0) is 39.3 Å². The normalized spacial score (nSPS) is 16.9. The summed E-state index contributed by atoms with van der Waals surface area (Å²) in [5, 5.41) is 2.50. The van der Waals surface area contributed by atoms with Crippen molar-refractivity contribution in [3.63, 3.8) is 0 Å². The zero-order valence-corrected chi connectivity index (χ0v) is 21.2. The van der Waals surface area contributed by atoms with E-state index < -0.39 is 36.2 Å². The van der Waals surface area contributed by atoms with E-state index in [1.807, 2.05) is 30.3 Å². The summed E-state index contributed by atoms with van der Waals surface area (Å²) in [7, 11) is 0. The van der Waals surface area contributed by atoms with Gasteiger partial charge in [0.25, 0.3) is 5.91 Å². The minimum atomic E-state index is -0.747. The van der Waals surface area contributed by atoms with Crippen LogP contribution in [0.4, 0.5) is 0 Å². The van der Waals surface area contributed by atoms with E-state index in [0.29, 0.717) is 39.1 Å². The average Bonchev–Trinajstić information content (AvgIpc) is 2.84. The van der Waals surface area contributed by atoms with Crippen LogP contribution in [0.2, 0.25) is 0 Å². The van der Waals surface area contributed by atoms with Gasteiger partial charge in [0.05, 0.1) is 0 Å². The van der Waals surface area contributed by atoms with Crippen molar-refractivity contribution >= 4 is 29.8 Å². The third kappa shape index (κ3) is 15.4. The van der Waals surface area contributed by atoms with E-state index in [1.165, 1.54) is 27.7 Å². The Kier molecular flexibility index (Phi) is 16.9. The summed E-state index contributed by atoms with van der Waals surface area (Å²) in [6.07, 6.45) is -1.14. The molecule has 0 spiro atoms. The quantitative estimate of drug-likeness (QED) is 0.306. The highest BCUT2D eigenvalue weighted by molar-refractivity contribution is 5.86. The number of nitrogens with two attached hydrogens (primary N) is 2. The van der Waals surface area contributed by atoms with Crippen molar-refractivity contribution in [3.05, 3.63) is 35.9 Å². The molecule has 0 aliphatic carbocycles.